The number of carbonyl (C=O) groups excluding carboxylic acids is 2. The fraction of sp³-hybridized carbons (Fsp3) is 0.150. The van der Waals surface area contributed by atoms with Crippen molar-refractivity contribution in [2.24, 2.45) is 0 Å². The van der Waals surface area contributed by atoms with E-state index in [9.17, 15) is 18.8 Å². The van der Waals surface area contributed by atoms with Gasteiger partial charge in [0.25, 0.3) is 11.5 Å². The number of ether oxygens (including phenoxy) is 1. The standard InChI is InChI=1S/C20H15FN4O4/c21-13-6-8-14(9-7-13)25(11-3-10-22)17(26)12-29-20(28)18-15-4-1-2-5-16(15)19(27)24-23-18/h1-2,4-9H,3,11-12H2,(H,24,27). The summed E-state index contributed by atoms with van der Waals surface area (Å²) in [5, 5.41) is 15.3. The molecule has 29 heavy (non-hydrogen) atoms. The van der Waals surface area contributed by atoms with Gasteiger partial charge in [-0.15, -0.1) is 0 Å². The van der Waals surface area contributed by atoms with Crippen molar-refractivity contribution in [2.45, 2.75) is 6.42 Å². The molecule has 1 N–H and O–H groups in total. The predicted molar refractivity (Wildman–Crippen MR) is 102 cm³/mol. The summed E-state index contributed by atoms with van der Waals surface area (Å²) in [6, 6.07) is 13.5. The lowest BCUT2D eigenvalue weighted by atomic mass is 10.1. The van der Waals surface area contributed by atoms with Crippen LogP contribution >= 0.6 is 0 Å². The topological polar surface area (TPSA) is 116 Å². The number of halogens is 1. The first kappa shape index (κ1) is 19.7. The number of esters is 1. The van der Waals surface area contributed by atoms with Crippen molar-refractivity contribution in [1.29, 1.82) is 5.26 Å². The molecule has 0 atom stereocenters. The van der Waals surface area contributed by atoms with Gasteiger partial charge in [0.1, 0.15) is 5.82 Å². The third-order valence-electron chi connectivity index (χ3n) is 4.10. The van der Waals surface area contributed by atoms with Crippen LogP contribution in [0.5, 0.6) is 0 Å². The van der Waals surface area contributed by atoms with Gasteiger partial charge in [0, 0.05) is 17.6 Å². The Balaban J connectivity index is 1.77. The molecule has 0 aliphatic carbocycles. The zero-order valence-electron chi connectivity index (χ0n) is 15.1. The highest BCUT2D eigenvalue weighted by Crippen LogP contribution is 2.17. The summed E-state index contributed by atoms with van der Waals surface area (Å²) in [6.45, 7) is -0.560. The summed E-state index contributed by atoms with van der Waals surface area (Å²) in [5.41, 5.74) is -0.208. The fourth-order valence-corrected chi connectivity index (χ4v) is 2.72. The molecule has 146 valence electrons. The molecule has 2 aromatic carbocycles. The van der Waals surface area contributed by atoms with Gasteiger partial charge in [0.05, 0.1) is 17.9 Å². The monoisotopic (exact) mass is 394 g/mol. The Labute approximate surface area is 164 Å². The molecule has 0 aliphatic rings. The van der Waals surface area contributed by atoms with Gasteiger partial charge in [-0.05, 0) is 30.3 Å². The average Bonchev–Trinajstić information content (AvgIpc) is 2.74. The maximum absolute atomic E-state index is 13.1. The van der Waals surface area contributed by atoms with Crippen molar-refractivity contribution < 1.29 is 18.7 Å². The molecule has 0 radical (unpaired) electrons. The number of carbonyl (C=O) groups is 2. The number of aromatic amines is 1. The van der Waals surface area contributed by atoms with Gasteiger partial charge in [-0.1, -0.05) is 18.2 Å². The van der Waals surface area contributed by atoms with E-state index in [-0.39, 0.29) is 24.0 Å². The summed E-state index contributed by atoms with van der Waals surface area (Å²) in [6.07, 6.45) is 0.0448. The number of anilines is 1. The molecule has 0 saturated carbocycles. The number of nitrogens with one attached hydrogen (secondary N) is 1. The van der Waals surface area contributed by atoms with E-state index < -0.39 is 29.9 Å². The van der Waals surface area contributed by atoms with Crippen LogP contribution in [0.15, 0.2) is 53.3 Å². The lowest BCUT2D eigenvalue weighted by Gasteiger charge is -2.21. The predicted octanol–water partition coefficient (Wildman–Crippen LogP) is 2.17. The van der Waals surface area contributed by atoms with Gasteiger partial charge in [-0.3, -0.25) is 9.59 Å². The molecule has 1 heterocycles. The summed E-state index contributed by atoms with van der Waals surface area (Å²) < 4.78 is 18.2. The Morgan fingerprint density at radius 1 is 1.14 bits per heavy atom. The van der Waals surface area contributed by atoms with Gasteiger partial charge in [0.15, 0.2) is 12.3 Å². The highest BCUT2D eigenvalue weighted by atomic mass is 19.1. The Kier molecular flexibility index (Phi) is 5.94. The lowest BCUT2D eigenvalue weighted by Crippen LogP contribution is -2.35. The third-order valence-corrected chi connectivity index (χ3v) is 4.10. The molecular weight excluding hydrogens is 379 g/mol. The van der Waals surface area contributed by atoms with Crippen molar-refractivity contribution in [1.82, 2.24) is 10.2 Å². The largest absolute Gasteiger partial charge is 0.451 e. The van der Waals surface area contributed by atoms with Gasteiger partial charge in [-0.2, -0.15) is 10.4 Å². The first-order chi connectivity index (χ1) is 14.0. The Hall–Kier alpha value is -4.06. The van der Waals surface area contributed by atoms with Gasteiger partial charge < -0.3 is 9.64 Å². The number of amides is 1. The Morgan fingerprint density at radius 2 is 1.83 bits per heavy atom. The van der Waals surface area contributed by atoms with E-state index in [4.69, 9.17) is 10.00 Å². The number of hydrogen-bond donors (Lipinski definition) is 1. The Morgan fingerprint density at radius 3 is 2.52 bits per heavy atom. The van der Waals surface area contributed by atoms with E-state index in [1.807, 2.05) is 6.07 Å². The normalized spacial score (nSPS) is 10.3. The van der Waals surface area contributed by atoms with E-state index in [0.29, 0.717) is 11.1 Å². The number of aromatic nitrogens is 2. The quantitative estimate of drug-likeness (QED) is 0.641. The third kappa shape index (κ3) is 4.44. The number of fused-ring (bicyclic) bond motifs is 1. The van der Waals surface area contributed by atoms with Crippen LogP contribution in [0, 0.1) is 17.1 Å². The second-order valence-electron chi connectivity index (χ2n) is 5.95. The van der Waals surface area contributed by atoms with E-state index in [0.717, 1.165) is 0 Å². The van der Waals surface area contributed by atoms with Gasteiger partial charge >= 0.3 is 5.97 Å². The number of benzene rings is 2. The molecule has 9 heteroatoms. The summed E-state index contributed by atoms with van der Waals surface area (Å²) in [5.74, 6) is -1.94. The number of H-pyrrole nitrogens is 1. The molecule has 0 saturated heterocycles. The van der Waals surface area contributed by atoms with Gasteiger partial charge in [0.2, 0.25) is 0 Å². The molecule has 0 spiro atoms. The lowest BCUT2D eigenvalue weighted by molar-refractivity contribution is -0.121. The molecule has 0 fully saturated rings. The molecule has 0 aliphatic heterocycles. The van der Waals surface area contributed by atoms with Crippen LogP contribution in [0.25, 0.3) is 10.8 Å². The van der Waals surface area contributed by atoms with E-state index in [1.54, 1.807) is 18.2 Å². The van der Waals surface area contributed by atoms with E-state index in [1.165, 1.54) is 35.2 Å². The van der Waals surface area contributed by atoms with Crippen LogP contribution in [0.1, 0.15) is 16.9 Å². The second kappa shape index (κ2) is 8.75. The van der Waals surface area contributed by atoms with Crippen molar-refractivity contribution in [3.63, 3.8) is 0 Å². The highest BCUT2D eigenvalue weighted by Gasteiger charge is 2.20. The second-order valence-corrected chi connectivity index (χ2v) is 5.95. The van der Waals surface area contributed by atoms with Crippen molar-refractivity contribution in [2.75, 3.05) is 18.1 Å². The fourth-order valence-electron chi connectivity index (χ4n) is 2.72. The molecule has 1 aromatic heterocycles. The van der Waals surface area contributed by atoms with Crippen LogP contribution in [0.3, 0.4) is 0 Å². The maximum atomic E-state index is 13.1. The summed E-state index contributed by atoms with van der Waals surface area (Å²) in [7, 11) is 0. The SMILES string of the molecule is N#CCCN(C(=O)COC(=O)c1n[nH]c(=O)c2ccccc12)c1ccc(F)cc1. The molecule has 0 unspecified atom stereocenters. The molecular formula is C20H15FN4O4. The summed E-state index contributed by atoms with van der Waals surface area (Å²) >= 11 is 0. The van der Waals surface area contributed by atoms with Crippen molar-refractivity contribution >= 4 is 28.3 Å². The minimum absolute atomic E-state index is 0.0448. The first-order valence-electron chi connectivity index (χ1n) is 8.58. The Bertz CT molecular complexity index is 1150. The van der Waals surface area contributed by atoms with Gasteiger partial charge in [-0.25, -0.2) is 14.3 Å². The number of nitrogens with zero attached hydrogens (tertiary/aromatic N) is 3. The molecule has 1 amide bonds. The molecule has 3 rings (SSSR count). The van der Waals surface area contributed by atoms with Crippen LogP contribution in [0.4, 0.5) is 10.1 Å². The molecule has 8 nitrogen and oxygen atoms in total. The zero-order chi connectivity index (χ0) is 20.8. The minimum atomic E-state index is -0.884. The minimum Gasteiger partial charge on any atom is -0.451 e. The maximum Gasteiger partial charge on any atom is 0.359 e. The van der Waals surface area contributed by atoms with E-state index in [2.05, 4.69) is 10.2 Å². The number of rotatable bonds is 6. The van der Waals surface area contributed by atoms with Crippen molar-refractivity contribution in [3.8, 4) is 6.07 Å². The average molecular weight is 394 g/mol. The van der Waals surface area contributed by atoms with Crippen LogP contribution in [0.2, 0.25) is 0 Å². The van der Waals surface area contributed by atoms with Crippen LogP contribution < -0.4 is 10.5 Å². The van der Waals surface area contributed by atoms with E-state index >= 15 is 0 Å². The zero-order valence-corrected chi connectivity index (χ0v) is 15.1. The molecule has 3 aromatic rings. The smallest absolute Gasteiger partial charge is 0.359 e. The molecule has 0 bridgehead atoms. The highest BCUT2D eigenvalue weighted by molar-refractivity contribution is 6.03. The van der Waals surface area contributed by atoms with Crippen LogP contribution in [-0.2, 0) is 9.53 Å². The van der Waals surface area contributed by atoms with Crippen LogP contribution in [-0.4, -0.2) is 35.2 Å². The summed E-state index contributed by atoms with van der Waals surface area (Å²) in [4.78, 5) is 38.0. The first-order valence-corrected chi connectivity index (χ1v) is 8.58. The number of hydrogen-bond acceptors (Lipinski definition) is 6. The van der Waals surface area contributed by atoms with Crippen molar-refractivity contribution in [3.05, 3.63) is 70.4 Å². The number of nitriles is 1.